The third-order valence-electron chi connectivity index (χ3n) is 16.2. The van der Waals surface area contributed by atoms with E-state index in [9.17, 15) is 43.2 Å². The molecule has 0 aromatic carbocycles. The summed E-state index contributed by atoms with van der Waals surface area (Å²) < 4.78 is 68.1. The number of rotatable bonds is 63. The van der Waals surface area contributed by atoms with E-state index in [4.69, 9.17) is 37.0 Å². The van der Waals surface area contributed by atoms with Crippen LogP contribution in [0.25, 0.3) is 0 Å². The molecule has 0 aromatic rings. The van der Waals surface area contributed by atoms with Crippen LogP contribution < -0.4 is 0 Å². The first-order valence-corrected chi connectivity index (χ1v) is 37.3. The average Bonchev–Trinajstić information content (AvgIpc) is 3.50. The molecule has 0 fully saturated rings. The number of phosphoric ester groups is 2. The zero-order valence-electron chi connectivity index (χ0n) is 55.2. The molecule has 0 heterocycles. The molecule has 0 aromatic heterocycles. The SMILES string of the molecule is CCC(C)CCCCCCCCCCC(=O)O[C@H](COC(=O)CCCCCCCCCCCCC(C)C)COP(=O)(O)OC[C@@H](O)COP(=O)(O)OC[C@@H](COC(=O)CCCCCCCCC(C)CC)OC(=O)CCCCCCCCC(C)CC. The van der Waals surface area contributed by atoms with E-state index < -0.39 is 97.5 Å². The molecule has 0 radical (unpaired) electrons. The Labute approximate surface area is 517 Å². The first-order chi connectivity index (χ1) is 40.7. The third-order valence-corrected chi connectivity index (χ3v) is 18.1. The first-order valence-electron chi connectivity index (χ1n) is 34.3. The molecular weight excluding hydrogens is 1130 g/mol. The topological polar surface area (TPSA) is 237 Å². The summed E-state index contributed by atoms with van der Waals surface area (Å²) in [5, 5.41) is 10.6. The summed E-state index contributed by atoms with van der Waals surface area (Å²) in [6, 6.07) is 0. The van der Waals surface area contributed by atoms with Crippen molar-refractivity contribution in [1.82, 2.24) is 0 Å². The predicted octanol–water partition coefficient (Wildman–Crippen LogP) is 18.1. The Morgan fingerprint density at radius 1 is 0.329 bits per heavy atom. The van der Waals surface area contributed by atoms with Crippen molar-refractivity contribution in [2.75, 3.05) is 39.6 Å². The molecule has 0 saturated heterocycles. The average molecular weight is 1260 g/mol. The molecule has 5 unspecified atom stereocenters. The van der Waals surface area contributed by atoms with Gasteiger partial charge in [0.15, 0.2) is 12.2 Å². The number of esters is 4. The van der Waals surface area contributed by atoms with E-state index in [0.29, 0.717) is 25.7 Å². The second-order valence-corrected chi connectivity index (χ2v) is 28.0. The van der Waals surface area contributed by atoms with E-state index in [1.165, 1.54) is 116 Å². The van der Waals surface area contributed by atoms with Gasteiger partial charge in [-0.05, 0) is 49.4 Å². The minimum Gasteiger partial charge on any atom is -0.462 e. The van der Waals surface area contributed by atoms with E-state index in [0.717, 1.165) is 120 Å². The highest BCUT2D eigenvalue weighted by atomic mass is 31.2. The van der Waals surface area contributed by atoms with Gasteiger partial charge in [-0.2, -0.15) is 0 Å². The van der Waals surface area contributed by atoms with Gasteiger partial charge in [-0.1, -0.05) is 267 Å². The lowest BCUT2D eigenvalue weighted by Gasteiger charge is -2.21. The summed E-state index contributed by atoms with van der Waals surface area (Å²) in [5.74, 6) is 0.839. The summed E-state index contributed by atoms with van der Waals surface area (Å²) in [4.78, 5) is 72.3. The minimum atomic E-state index is -4.95. The summed E-state index contributed by atoms with van der Waals surface area (Å²) in [7, 11) is -9.89. The van der Waals surface area contributed by atoms with Gasteiger partial charge in [0.05, 0.1) is 26.4 Å². The van der Waals surface area contributed by atoms with Gasteiger partial charge in [0, 0.05) is 25.7 Å². The highest BCUT2D eigenvalue weighted by molar-refractivity contribution is 7.47. The molecule has 0 aliphatic heterocycles. The second kappa shape index (κ2) is 56.1. The van der Waals surface area contributed by atoms with Crippen molar-refractivity contribution in [1.29, 1.82) is 0 Å². The van der Waals surface area contributed by atoms with Gasteiger partial charge in [-0.15, -0.1) is 0 Å². The minimum absolute atomic E-state index is 0.101. The predicted molar refractivity (Wildman–Crippen MR) is 340 cm³/mol. The third kappa shape index (κ3) is 57.0. The van der Waals surface area contributed by atoms with Crippen LogP contribution in [0, 0.1) is 23.7 Å². The van der Waals surface area contributed by atoms with Crippen molar-refractivity contribution in [3.63, 3.8) is 0 Å². The standard InChI is InChI=1S/C66H128O17P2/c1-9-57(6)43-35-27-19-16-17-21-32-40-48-65(70)82-61(52-76-63(68)46-38-30-20-15-13-12-14-18-26-34-42-56(4)5)54-80-84(72,73)78-50-60(67)51-79-85(74,75)81-55-62(83-66(71)49-41-33-25-23-29-37-45-59(8)11-3)53-77-64(69)47-39-31-24-22-28-36-44-58(7)10-2/h56-62,67H,9-55H2,1-8H3,(H,72,73)(H,74,75)/t57?,58?,59?,60-,61-,62-/m1/s1. The molecule has 504 valence electrons. The number of aliphatic hydroxyl groups is 1. The van der Waals surface area contributed by atoms with E-state index in [1.54, 1.807) is 0 Å². The maximum Gasteiger partial charge on any atom is 0.472 e. The van der Waals surface area contributed by atoms with Crippen molar-refractivity contribution in [3.8, 4) is 0 Å². The summed E-state index contributed by atoms with van der Waals surface area (Å²) in [6.07, 6.45) is 36.2. The van der Waals surface area contributed by atoms with Crippen LogP contribution in [-0.4, -0.2) is 96.7 Å². The van der Waals surface area contributed by atoms with Crippen LogP contribution >= 0.6 is 15.6 Å². The van der Waals surface area contributed by atoms with Crippen LogP contribution in [0.4, 0.5) is 0 Å². The van der Waals surface area contributed by atoms with Crippen molar-refractivity contribution in [2.24, 2.45) is 23.7 Å². The Morgan fingerprint density at radius 2 is 0.565 bits per heavy atom. The first kappa shape index (κ1) is 83.1. The zero-order valence-corrected chi connectivity index (χ0v) is 57.0. The Hall–Kier alpha value is -1.94. The Bertz CT molecular complexity index is 1700. The molecule has 0 aliphatic rings. The monoisotopic (exact) mass is 1250 g/mol. The number of hydrogen-bond acceptors (Lipinski definition) is 15. The molecule has 85 heavy (non-hydrogen) atoms. The van der Waals surface area contributed by atoms with Crippen molar-refractivity contribution >= 4 is 39.5 Å². The smallest absolute Gasteiger partial charge is 0.462 e. The van der Waals surface area contributed by atoms with Gasteiger partial charge in [0.1, 0.15) is 19.3 Å². The van der Waals surface area contributed by atoms with Crippen LogP contribution in [0.1, 0.15) is 319 Å². The summed E-state index contributed by atoms with van der Waals surface area (Å²) in [6.45, 7) is 14.0. The number of phosphoric acid groups is 2. The molecule has 0 amide bonds. The lowest BCUT2D eigenvalue weighted by atomic mass is 9.99. The number of unbranched alkanes of at least 4 members (excludes halogenated alkanes) is 26. The highest BCUT2D eigenvalue weighted by Crippen LogP contribution is 2.45. The number of hydrogen-bond donors (Lipinski definition) is 3. The fraction of sp³-hybridized carbons (Fsp3) is 0.939. The van der Waals surface area contributed by atoms with Gasteiger partial charge >= 0.3 is 39.5 Å². The van der Waals surface area contributed by atoms with Crippen LogP contribution in [0.5, 0.6) is 0 Å². The van der Waals surface area contributed by atoms with Gasteiger partial charge in [-0.3, -0.25) is 37.3 Å². The molecule has 0 rings (SSSR count). The Balaban J connectivity index is 5.27. The van der Waals surface area contributed by atoms with Crippen LogP contribution in [-0.2, 0) is 65.4 Å². The van der Waals surface area contributed by atoms with Crippen LogP contribution in [0.2, 0.25) is 0 Å². The summed E-state index contributed by atoms with van der Waals surface area (Å²) >= 11 is 0. The number of aliphatic hydroxyl groups excluding tert-OH is 1. The van der Waals surface area contributed by atoms with Gasteiger partial charge < -0.3 is 33.8 Å². The van der Waals surface area contributed by atoms with E-state index >= 15 is 0 Å². The highest BCUT2D eigenvalue weighted by Gasteiger charge is 2.30. The van der Waals surface area contributed by atoms with E-state index in [-0.39, 0.29) is 25.7 Å². The van der Waals surface area contributed by atoms with Crippen LogP contribution in [0.3, 0.4) is 0 Å². The lowest BCUT2D eigenvalue weighted by molar-refractivity contribution is -0.161. The molecule has 0 aliphatic carbocycles. The maximum absolute atomic E-state index is 13.0. The molecule has 19 heteroatoms. The Morgan fingerprint density at radius 3 is 0.835 bits per heavy atom. The Kier molecular flexibility index (Phi) is 54.8. The van der Waals surface area contributed by atoms with Gasteiger partial charge in [0.2, 0.25) is 0 Å². The lowest BCUT2D eigenvalue weighted by Crippen LogP contribution is -2.30. The molecule has 0 bridgehead atoms. The molecule has 3 N–H and O–H groups in total. The fourth-order valence-electron chi connectivity index (χ4n) is 9.69. The normalized spacial score (nSPS) is 15.3. The quantitative estimate of drug-likeness (QED) is 0.0222. The molecule has 8 atom stereocenters. The number of carbonyl (C=O) groups is 4. The van der Waals surface area contributed by atoms with Gasteiger partial charge in [0.25, 0.3) is 0 Å². The number of ether oxygens (including phenoxy) is 4. The van der Waals surface area contributed by atoms with Gasteiger partial charge in [-0.25, -0.2) is 9.13 Å². The fourth-order valence-corrected chi connectivity index (χ4v) is 11.3. The number of carbonyl (C=O) groups excluding carboxylic acids is 4. The molecular formula is C66H128O17P2. The summed E-state index contributed by atoms with van der Waals surface area (Å²) in [5.41, 5.74) is 0. The van der Waals surface area contributed by atoms with E-state index in [1.807, 2.05) is 0 Å². The molecule has 0 spiro atoms. The maximum atomic E-state index is 13.0. The van der Waals surface area contributed by atoms with Crippen molar-refractivity contribution in [3.05, 3.63) is 0 Å². The van der Waals surface area contributed by atoms with Crippen LogP contribution in [0.15, 0.2) is 0 Å². The van der Waals surface area contributed by atoms with E-state index in [2.05, 4.69) is 55.4 Å². The van der Waals surface area contributed by atoms with Crippen molar-refractivity contribution in [2.45, 2.75) is 337 Å². The second-order valence-electron chi connectivity index (χ2n) is 25.1. The van der Waals surface area contributed by atoms with Crippen molar-refractivity contribution < 1.29 is 80.2 Å². The largest absolute Gasteiger partial charge is 0.472 e. The molecule has 17 nitrogen and oxygen atoms in total. The zero-order chi connectivity index (χ0) is 63.2. The molecule has 0 saturated carbocycles.